The predicted molar refractivity (Wildman–Crippen MR) is 77.3 cm³/mol. The standard InChI is InChI=1S/C16H23NO/c1-13-5-7-14(8-6-13)9-10-15(18)17-12-11-16(2,3)4/h5-10H,11-12H2,1-4H3,(H,17,18). The highest BCUT2D eigenvalue weighted by atomic mass is 16.1. The van der Waals surface area contributed by atoms with Crippen molar-refractivity contribution in [2.45, 2.75) is 34.1 Å². The van der Waals surface area contributed by atoms with Gasteiger partial charge in [0.2, 0.25) is 5.91 Å². The van der Waals surface area contributed by atoms with Crippen molar-refractivity contribution in [3.05, 3.63) is 41.5 Å². The fraction of sp³-hybridized carbons (Fsp3) is 0.438. The lowest BCUT2D eigenvalue weighted by Crippen LogP contribution is -2.25. The zero-order chi connectivity index (χ0) is 13.6. The van der Waals surface area contributed by atoms with Gasteiger partial charge in [-0.3, -0.25) is 4.79 Å². The van der Waals surface area contributed by atoms with E-state index in [1.807, 2.05) is 37.3 Å². The minimum absolute atomic E-state index is 0.0279. The lowest BCUT2D eigenvalue weighted by molar-refractivity contribution is -0.116. The molecule has 0 atom stereocenters. The lowest BCUT2D eigenvalue weighted by Gasteiger charge is -2.17. The molecule has 0 aromatic heterocycles. The molecule has 2 heteroatoms. The quantitative estimate of drug-likeness (QED) is 0.807. The van der Waals surface area contributed by atoms with Gasteiger partial charge in [-0.15, -0.1) is 0 Å². The smallest absolute Gasteiger partial charge is 0.243 e. The molecule has 1 N–H and O–H groups in total. The van der Waals surface area contributed by atoms with E-state index in [4.69, 9.17) is 0 Å². The van der Waals surface area contributed by atoms with E-state index in [0.29, 0.717) is 0 Å². The topological polar surface area (TPSA) is 29.1 Å². The van der Waals surface area contributed by atoms with Crippen LogP contribution in [0.25, 0.3) is 6.08 Å². The molecule has 0 saturated carbocycles. The van der Waals surface area contributed by atoms with Crippen LogP contribution in [-0.2, 0) is 4.79 Å². The largest absolute Gasteiger partial charge is 0.353 e. The predicted octanol–water partition coefficient (Wildman–Crippen LogP) is 3.56. The molecule has 0 bridgehead atoms. The Labute approximate surface area is 110 Å². The second-order valence-corrected chi connectivity index (χ2v) is 5.85. The number of nitrogens with one attached hydrogen (secondary N) is 1. The van der Waals surface area contributed by atoms with E-state index in [-0.39, 0.29) is 11.3 Å². The summed E-state index contributed by atoms with van der Waals surface area (Å²) >= 11 is 0. The summed E-state index contributed by atoms with van der Waals surface area (Å²) < 4.78 is 0. The number of amides is 1. The van der Waals surface area contributed by atoms with E-state index in [0.717, 1.165) is 18.5 Å². The van der Waals surface area contributed by atoms with Crippen molar-refractivity contribution in [2.24, 2.45) is 5.41 Å². The van der Waals surface area contributed by atoms with Gasteiger partial charge in [0, 0.05) is 12.6 Å². The lowest BCUT2D eigenvalue weighted by atomic mass is 9.92. The summed E-state index contributed by atoms with van der Waals surface area (Å²) in [7, 11) is 0. The van der Waals surface area contributed by atoms with E-state index in [9.17, 15) is 4.79 Å². The highest BCUT2D eigenvalue weighted by Crippen LogP contribution is 2.16. The minimum atomic E-state index is -0.0279. The molecule has 18 heavy (non-hydrogen) atoms. The summed E-state index contributed by atoms with van der Waals surface area (Å²) in [5, 5.41) is 2.90. The zero-order valence-corrected chi connectivity index (χ0v) is 11.8. The van der Waals surface area contributed by atoms with Crippen LogP contribution in [0.15, 0.2) is 30.3 Å². The van der Waals surface area contributed by atoms with Crippen LogP contribution in [0.1, 0.15) is 38.3 Å². The van der Waals surface area contributed by atoms with Gasteiger partial charge < -0.3 is 5.32 Å². The fourth-order valence-electron chi connectivity index (χ4n) is 1.47. The molecule has 0 aliphatic heterocycles. The first-order valence-corrected chi connectivity index (χ1v) is 6.39. The summed E-state index contributed by atoms with van der Waals surface area (Å²) in [5.41, 5.74) is 2.53. The third-order valence-electron chi connectivity index (χ3n) is 2.68. The number of rotatable bonds is 4. The number of benzene rings is 1. The SMILES string of the molecule is Cc1ccc(C=CC(=O)NCCC(C)(C)C)cc1. The molecule has 0 spiro atoms. The van der Waals surface area contributed by atoms with E-state index in [1.165, 1.54) is 5.56 Å². The van der Waals surface area contributed by atoms with E-state index < -0.39 is 0 Å². The molecule has 0 unspecified atom stereocenters. The summed E-state index contributed by atoms with van der Waals surface area (Å²) in [6, 6.07) is 8.09. The van der Waals surface area contributed by atoms with E-state index >= 15 is 0 Å². The maximum Gasteiger partial charge on any atom is 0.243 e. The van der Waals surface area contributed by atoms with Gasteiger partial charge in [0.1, 0.15) is 0 Å². The molecule has 1 amide bonds. The Morgan fingerprint density at radius 3 is 2.39 bits per heavy atom. The first-order valence-electron chi connectivity index (χ1n) is 6.39. The van der Waals surface area contributed by atoms with Crippen LogP contribution < -0.4 is 5.32 Å². The molecule has 0 fully saturated rings. The summed E-state index contributed by atoms with van der Waals surface area (Å²) in [6.07, 6.45) is 4.41. The first-order chi connectivity index (χ1) is 8.37. The van der Waals surface area contributed by atoms with Crippen LogP contribution in [0.5, 0.6) is 0 Å². The van der Waals surface area contributed by atoms with Crippen LogP contribution in [0.4, 0.5) is 0 Å². The number of hydrogen-bond donors (Lipinski definition) is 1. The molecule has 0 radical (unpaired) electrons. The highest BCUT2D eigenvalue weighted by molar-refractivity contribution is 5.91. The number of aryl methyl sites for hydroxylation is 1. The molecule has 0 aliphatic rings. The molecular weight excluding hydrogens is 222 g/mol. The molecule has 98 valence electrons. The van der Waals surface area contributed by atoms with Gasteiger partial charge in [0.15, 0.2) is 0 Å². The molecule has 2 nitrogen and oxygen atoms in total. The van der Waals surface area contributed by atoms with E-state index in [2.05, 4.69) is 26.1 Å². The Morgan fingerprint density at radius 1 is 1.22 bits per heavy atom. The first kappa shape index (κ1) is 14.5. The zero-order valence-electron chi connectivity index (χ0n) is 11.8. The Kier molecular flexibility index (Phi) is 5.14. The molecule has 0 heterocycles. The Morgan fingerprint density at radius 2 is 1.83 bits per heavy atom. The molecule has 0 saturated heterocycles. The normalized spacial score (nSPS) is 11.8. The average Bonchev–Trinajstić information content (AvgIpc) is 2.26. The Hall–Kier alpha value is -1.57. The maximum absolute atomic E-state index is 11.6. The Bertz CT molecular complexity index is 410. The van der Waals surface area contributed by atoms with Gasteiger partial charge in [-0.25, -0.2) is 0 Å². The third kappa shape index (κ3) is 6.24. The van der Waals surface area contributed by atoms with Gasteiger partial charge in [-0.2, -0.15) is 0 Å². The van der Waals surface area contributed by atoms with Crippen molar-refractivity contribution in [3.8, 4) is 0 Å². The van der Waals surface area contributed by atoms with Crippen molar-refractivity contribution >= 4 is 12.0 Å². The highest BCUT2D eigenvalue weighted by Gasteiger charge is 2.09. The third-order valence-corrected chi connectivity index (χ3v) is 2.68. The monoisotopic (exact) mass is 245 g/mol. The van der Waals surface area contributed by atoms with Crippen LogP contribution >= 0.6 is 0 Å². The molecule has 1 aromatic rings. The molecule has 0 aliphatic carbocycles. The summed E-state index contributed by atoms with van der Waals surface area (Å²) in [6.45, 7) is 9.27. The Balaban J connectivity index is 2.38. The van der Waals surface area contributed by atoms with Crippen molar-refractivity contribution in [2.75, 3.05) is 6.54 Å². The molecule has 1 rings (SSSR count). The van der Waals surface area contributed by atoms with Crippen molar-refractivity contribution < 1.29 is 4.79 Å². The van der Waals surface area contributed by atoms with Crippen molar-refractivity contribution in [1.82, 2.24) is 5.32 Å². The number of carbonyl (C=O) groups excluding carboxylic acids is 1. The van der Waals surface area contributed by atoms with Gasteiger partial charge in [-0.1, -0.05) is 50.6 Å². The molecule has 1 aromatic carbocycles. The second kappa shape index (κ2) is 6.39. The van der Waals surface area contributed by atoms with E-state index in [1.54, 1.807) is 6.08 Å². The number of carbonyl (C=O) groups is 1. The maximum atomic E-state index is 11.6. The van der Waals surface area contributed by atoms with Crippen molar-refractivity contribution in [1.29, 1.82) is 0 Å². The number of hydrogen-bond acceptors (Lipinski definition) is 1. The summed E-state index contributed by atoms with van der Waals surface area (Å²) in [4.78, 5) is 11.6. The van der Waals surface area contributed by atoms with Gasteiger partial charge in [-0.05, 0) is 30.4 Å². The van der Waals surface area contributed by atoms with Crippen LogP contribution in [-0.4, -0.2) is 12.5 Å². The van der Waals surface area contributed by atoms with Crippen LogP contribution in [0.3, 0.4) is 0 Å². The average molecular weight is 245 g/mol. The molecular formula is C16H23NO. The van der Waals surface area contributed by atoms with Crippen LogP contribution in [0.2, 0.25) is 0 Å². The van der Waals surface area contributed by atoms with Gasteiger partial charge >= 0.3 is 0 Å². The second-order valence-electron chi connectivity index (χ2n) is 5.85. The van der Waals surface area contributed by atoms with Crippen LogP contribution in [0, 0.1) is 12.3 Å². The van der Waals surface area contributed by atoms with Gasteiger partial charge in [0.25, 0.3) is 0 Å². The fourth-order valence-corrected chi connectivity index (χ4v) is 1.47. The minimum Gasteiger partial charge on any atom is -0.353 e. The summed E-state index contributed by atoms with van der Waals surface area (Å²) in [5.74, 6) is -0.0279. The van der Waals surface area contributed by atoms with Crippen molar-refractivity contribution in [3.63, 3.8) is 0 Å². The van der Waals surface area contributed by atoms with Gasteiger partial charge in [0.05, 0.1) is 0 Å².